The molecule has 4 aromatic heterocycles. The molecule has 10 heteroatoms. The van der Waals surface area contributed by atoms with E-state index in [1.54, 1.807) is 37.8 Å². The Morgan fingerprint density at radius 3 is 2.60 bits per heavy atom. The van der Waals surface area contributed by atoms with Gasteiger partial charge in [-0.05, 0) is 24.6 Å². The molecule has 1 unspecified atom stereocenters. The number of pyridine rings is 1. The molecule has 0 fully saturated rings. The number of aromatic amines is 1. The van der Waals surface area contributed by atoms with Crippen LogP contribution in [0.15, 0.2) is 67.3 Å². The number of nitrogens with one attached hydrogen (secondary N) is 1. The number of anilines is 1. The van der Waals surface area contributed by atoms with Crippen LogP contribution in [0.25, 0.3) is 33.4 Å². The monoisotopic (exact) mass is 475 g/mol. The molecule has 0 bridgehead atoms. The van der Waals surface area contributed by atoms with Crippen LogP contribution in [0.1, 0.15) is 24.2 Å². The number of hydrogen-bond acceptors (Lipinski definition) is 6. The quantitative estimate of drug-likeness (QED) is 0.325. The summed E-state index contributed by atoms with van der Waals surface area (Å²) < 4.78 is 27.4. The summed E-state index contributed by atoms with van der Waals surface area (Å²) in [6.45, 7) is -0.0370. The van der Waals surface area contributed by atoms with Gasteiger partial charge in [-0.3, -0.25) is 4.68 Å². The van der Waals surface area contributed by atoms with Crippen molar-refractivity contribution in [1.82, 2.24) is 29.7 Å². The van der Waals surface area contributed by atoms with Crippen LogP contribution < -0.4 is 5.73 Å². The average molecular weight is 476 g/mol. The molecule has 1 aromatic carbocycles. The van der Waals surface area contributed by atoms with Crippen molar-refractivity contribution in [1.29, 1.82) is 0 Å². The number of aromatic nitrogens is 6. The summed E-state index contributed by atoms with van der Waals surface area (Å²) in [6.07, 6.45) is 6.56. The number of aliphatic hydroxyl groups is 1. The van der Waals surface area contributed by atoms with Crippen molar-refractivity contribution in [3.8, 4) is 22.4 Å². The van der Waals surface area contributed by atoms with E-state index in [0.29, 0.717) is 33.7 Å². The number of benzene rings is 1. The third-order valence-corrected chi connectivity index (χ3v) is 6.05. The second-order valence-corrected chi connectivity index (χ2v) is 8.43. The fourth-order valence-corrected chi connectivity index (χ4v) is 4.01. The Kier molecular flexibility index (Phi) is 5.73. The molecule has 0 amide bonds. The second kappa shape index (κ2) is 8.88. The SMILES string of the molecule is CC(O)(c1ccccc1)c1cc(-c2c[nH]c3ncc(-c4cnn(C(CF)CF)c4)cc23)nc(N)n1. The predicted octanol–water partition coefficient (Wildman–Crippen LogP) is 4.20. The highest BCUT2D eigenvalue weighted by Gasteiger charge is 2.28. The molecule has 0 saturated carbocycles. The molecular weight excluding hydrogens is 452 g/mol. The van der Waals surface area contributed by atoms with Gasteiger partial charge in [0, 0.05) is 40.7 Å². The number of nitrogens with two attached hydrogens (primary N) is 1. The van der Waals surface area contributed by atoms with Gasteiger partial charge in [-0.15, -0.1) is 0 Å². The van der Waals surface area contributed by atoms with Gasteiger partial charge in [-0.25, -0.2) is 23.7 Å². The second-order valence-electron chi connectivity index (χ2n) is 8.43. The molecule has 35 heavy (non-hydrogen) atoms. The summed E-state index contributed by atoms with van der Waals surface area (Å²) in [7, 11) is 0. The number of H-pyrrole nitrogens is 1. The summed E-state index contributed by atoms with van der Waals surface area (Å²) in [4.78, 5) is 16.3. The molecule has 0 radical (unpaired) electrons. The van der Waals surface area contributed by atoms with Crippen LogP contribution in [0.2, 0.25) is 0 Å². The smallest absolute Gasteiger partial charge is 0.220 e. The number of nitrogens with zero attached hydrogens (tertiary/aromatic N) is 5. The largest absolute Gasteiger partial charge is 0.379 e. The third kappa shape index (κ3) is 4.12. The highest BCUT2D eigenvalue weighted by atomic mass is 19.1. The van der Waals surface area contributed by atoms with E-state index < -0.39 is 25.0 Å². The van der Waals surface area contributed by atoms with Crippen molar-refractivity contribution >= 4 is 17.0 Å². The number of fused-ring (bicyclic) bond motifs is 1. The number of rotatable bonds is 7. The molecule has 8 nitrogen and oxygen atoms in total. The summed E-state index contributed by atoms with van der Waals surface area (Å²) in [5.74, 6) is 0.0249. The zero-order valence-electron chi connectivity index (χ0n) is 18.9. The van der Waals surface area contributed by atoms with Crippen molar-refractivity contribution in [3.05, 3.63) is 78.5 Å². The van der Waals surface area contributed by atoms with Crippen molar-refractivity contribution in [2.24, 2.45) is 0 Å². The summed E-state index contributed by atoms with van der Waals surface area (Å²) in [5.41, 5.74) is 8.91. The van der Waals surface area contributed by atoms with Crippen LogP contribution in [-0.4, -0.2) is 48.2 Å². The van der Waals surface area contributed by atoms with Crippen molar-refractivity contribution < 1.29 is 13.9 Å². The Morgan fingerprint density at radius 1 is 1.09 bits per heavy atom. The number of alkyl halides is 2. The summed E-state index contributed by atoms with van der Waals surface area (Å²) >= 11 is 0. The minimum Gasteiger partial charge on any atom is -0.379 e. The van der Waals surface area contributed by atoms with E-state index in [1.807, 2.05) is 36.4 Å². The van der Waals surface area contributed by atoms with E-state index in [2.05, 4.69) is 25.0 Å². The molecule has 1 atom stereocenters. The zero-order chi connectivity index (χ0) is 24.6. The van der Waals surface area contributed by atoms with Gasteiger partial charge in [0.2, 0.25) is 5.95 Å². The third-order valence-electron chi connectivity index (χ3n) is 6.05. The lowest BCUT2D eigenvalue weighted by Gasteiger charge is -2.24. The molecule has 5 aromatic rings. The Balaban J connectivity index is 1.57. The van der Waals surface area contributed by atoms with Crippen molar-refractivity contribution in [3.63, 3.8) is 0 Å². The van der Waals surface area contributed by atoms with Crippen LogP contribution in [0, 0.1) is 0 Å². The van der Waals surface area contributed by atoms with Gasteiger partial charge in [0.1, 0.15) is 30.6 Å². The van der Waals surface area contributed by atoms with Crippen molar-refractivity contribution in [2.75, 3.05) is 19.1 Å². The minimum absolute atomic E-state index is 0.0249. The van der Waals surface area contributed by atoms with Crippen molar-refractivity contribution in [2.45, 2.75) is 18.6 Å². The van der Waals surface area contributed by atoms with Gasteiger partial charge in [0.25, 0.3) is 0 Å². The number of hydrogen-bond donors (Lipinski definition) is 3. The zero-order valence-corrected chi connectivity index (χ0v) is 18.9. The molecule has 178 valence electrons. The minimum atomic E-state index is -1.39. The van der Waals surface area contributed by atoms with Crippen LogP contribution in [0.3, 0.4) is 0 Å². The highest BCUT2D eigenvalue weighted by molar-refractivity contribution is 5.95. The number of halogens is 2. The van der Waals surface area contributed by atoms with E-state index in [1.165, 1.54) is 4.68 Å². The fraction of sp³-hybridized carbons (Fsp3) is 0.200. The van der Waals surface area contributed by atoms with Crippen LogP contribution >= 0.6 is 0 Å². The van der Waals surface area contributed by atoms with E-state index in [4.69, 9.17) is 5.73 Å². The van der Waals surface area contributed by atoms with Crippen LogP contribution in [-0.2, 0) is 5.60 Å². The molecule has 4 N–H and O–H groups in total. The molecule has 0 aliphatic heterocycles. The highest BCUT2D eigenvalue weighted by Crippen LogP contribution is 2.34. The number of nitrogen functional groups attached to an aromatic ring is 1. The molecule has 0 saturated heterocycles. The van der Waals surface area contributed by atoms with Gasteiger partial charge in [-0.2, -0.15) is 5.10 Å². The lowest BCUT2D eigenvalue weighted by molar-refractivity contribution is 0.0975. The molecule has 5 rings (SSSR count). The van der Waals surface area contributed by atoms with E-state index in [-0.39, 0.29) is 5.95 Å². The Labute approximate surface area is 199 Å². The van der Waals surface area contributed by atoms with Gasteiger partial charge in [0.15, 0.2) is 0 Å². The first-order chi connectivity index (χ1) is 16.9. The molecule has 0 aliphatic carbocycles. The van der Waals surface area contributed by atoms with Gasteiger partial charge >= 0.3 is 0 Å². The molecule has 0 aliphatic rings. The maximum absolute atomic E-state index is 13.1. The van der Waals surface area contributed by atoms with Gasteiger partial charge in [-0.1, -0.05) is 30.3 Å². The first kappa shape index (κ1) is 22.6. The van der Waals surface area contributed by atoms with Crippen LogP contribution in [0.5, 0.6) is 0 Å². The average Bonchev–Trinajstić information content (AvgIpc) is 3.52. The lowest BCUT2D eigenvalue weighted by Crippen LogP contribution is -2.25. The maximum Gasteiger partial charge on any atom is 0.220 e. The standard InChI is InChI=1S/C25H23F2N7O/c1-25(35,17-5-3-2-4-6-17)22-8-21(32-24(28)33-22)20-13-30-23-19(20)7-15(11-29-23)16-12-31-34(14-16)18(9-26)10-27/h2-8,11-14,18,35H,9-10H2,1H3,(H,29,30)(H2,28,32,33). The molecule has 4 heterocycles. The normalized spacial score (nSPS) is 13.4. The van der Waals surface area contributed by atoms with E-state index in [0.717, 1.165) is 10.9 Å². The Morgan fingerprint density at radius 2 is 1.86 bits per heavy atom. The van der Waals surface area contributed by atoms with Gasteiger partial charge < -0.3 is 15.8 Å². The summed E-state index contributed by atoms with van der Waals surface area (Å²) in [5, 5.41) is 16.1. The molecular formula is C25H23F2N7O. The fourth-order valence-electron chi connectivity index (χ4n) is 4.01. The Bertz CT molecular complexity index is 1480. The first-order valence-electron chi connectivity index (χ1n) is 11.0. The first-order valence-corrected chi connectivity index (χ1v) is 11.0. The summed E-state index contributed by atoms with van der Waals surface area (Å²) in [6, 6.07) is 11.8. The van der Waals surface area contributed by atoms with E-state index in [9.17, 15) is 13.9 Å². The van der Waals surface area contributed by atoms with Crippen LogP contribution in [0.4, 0.5) is 14.7 Å². The maximum atomic E-state index is 13.1. The van der Waals surface area contributed by atoms with E-state index >= 15 is 0 Å². The Hall–Kier alpha value is -4.18. The lowest BCUT2D eigenvalue weighted by atomic mass is 9.91. The van der Waals surface area contributed by atoms with Gasteiger partial charge in [0.05, 0.1) is 17.6 Å². The molecule has 0 spiro atoms. The predicted molar refractivity (Wildman–Crippen MR) is 129 cm³/mol. The topological polar surface area (TPSA) is 119 Å².